The Morgan fingerprint density at radius 2 is 2.21 bits per heavy atom. The average molecular weight is 281 g/mol. The minimum absolute atomic E-state index is 0.380. The second-order valence-corrected chi connectivity index (χ2v) is 6.02. The molecule has 19 heavy (non-hydrogen) atoms. The quantitative estimate of drug-likeness (QED) is 0.851. The SMILES string of the molecule is CC(c1ccccc1Cl)N(C)CCCC1CCCN1. The highest BCUT2D eigenvalue weighted by molar-refractivity contribution is 6.31. The van der Waals surface area contributed by atoms with E-state index in [9.17, 15) is 0 Å². The van der Waals surface area contributed by atoms with Crippen LogP contribution >= 0.6 is 11.6 Å². The van der Waals surface area contributed by atoms with Gasteiger partial charge in [0.15, 0.2) is 0 Å². The van der Waals surface area contributed by atoms with Crippen molar-refractivity contribution in [2.45, 2.75) is 44.7 Å². The van der Waals surface area contributed by atoms with Gasteiger partial charge in [-0.3, -0.25) is 4.90 Å². The van der Waals surface area contributed by atoms with Crippen molar-refractivity contribution in [1.82, 2.24) is 10.2 Å². The second kappa shape index (κ2) is 7.28. The number of nitrogens with one attached hydrogen (secondary N) is 1. The molecule has 2 atom stereocenters. The van der Waals surface area contributed by atoms with Gasteiger partial charge in [0, 0.05) is 17.1 Å². The maximum absolute atomic E-state index is 6.26. The fourth-order valence-corrected chi connectivity index (χ4v) is 3.13. The first-order chi connectivity index (χ1) is 9.18. The molecule has 1 heterocycles. The molecule has 0 amide bonds. The van der Waals surface area contributed by atoms with Gasteiger partial charge in [0.1, 0.15) is 0 Å². The van der Waals surface area contributed by atoms with E-state index in [1.165, 1.54) is 37.8 Å². The summed E-state index contributed by atoms with van der Waals surface area (Å²) in [7, 11) is 2.19. The highest BCUT2D eigenvalue weighted by Crippen LogP contribution is 2.26. The van der Waals surface area contributed by atoms with Crippen LogP contribution in [0.25, 0.3) is 0 Å². The molecule has 1 saturated heterocycles. The predicted octanol–water partition coefficient (Wildman–Crippen LogP) is 3.87. The maximum atomic E-state index is 6.26. The number of rotatable bonds is 6. The molecule has 2 rings (SSSR count). The van der Waals surface area contributed by atoms with Gasteiger partial charge in [0.2, 0.25) is 0 Å². The lowest BCUT2D eigenvalue weighted by atomic mass is 10.1. The van der Waals surface area contributed by atoms with Gasteiger partial charge in [-0.05, 0) is 64.4 Å². The number of benzene rings is 1. The first-order valence-corrected chi connectivity index (χ1v) is 7.74. The fourth-order valence-electron chi connectivity index (χ4n) is 2.84. The van der Waals surface area contributed by atoms with Crippen LogP contribution in [-0.4, -0.2) is 31.1 Å². The van der Waals surface area contributed by atoms with Gasteiger partial charge >= 0.3 is 0 Å². The van der Waals surface area contributed by atoms with Crippen molar-refractivity contribution >= 4 is 11.6 Å². The molecule has 0 spiro atoms. The number of halogens is 1. The minimum atomic E-state index is 0.380. The molecular formula is C16H25ClN2. The van der Waals surface area contributed by atoms with Gasteiger partial charge in [0.05, 0.1) is 0 Å². The van der Waals surface area contributed by atoms with Crippen LogP contribution in [0, 0.1) is 0 Å². The highest BCUT2D eigenvalue weighted by Gasteiger charge is 2.16. The van der Waals surface area contributed by atoms with Crippen LogP contribution in [0.4, 0.5) is 0 Å². The molecule has 1 N–H and O–H groups in total. The lowest BCUT2D eigenvalue weighted by Gasteiger charge is -2.26. The van der Waals surface area contributed by atoms with Crippen molar-refractivity contribution in [2.75, 3.05) is 20.1 Å². The zero-order chi connectivity index (χ0) is 13.7. The van der Waals surface area contributed by atoms with Gasteiger partial charge in [0.25, 0.3) is 0 Å². The highest BCUT2D eigenvalue weighted by atomic mass is 35.5. The molecule has 1 aromatic rings. The van der Waals surface area contributed by atoms with Gasteiger partial charge in [-0.25, -0.2) is 0 Å². The van der Waals surface area contributed by atoms with E-state index in [2.05, 4.69) is 36.3 Å². The Kier molecular flexibility index (Phi) is 5.68. The monoisotopic (exact) mass is 280 g/mol. The van der Waals surface area contributed by atoms with Crippen LogP contribution in [-0.2, 0) is 0 Å². The van der Waals surface area contributed by atoms with Gasteiger partial charge in [-0.1, -0.05) is 29.8 Å². The Hall–Kier alpha value is -0.570. The summed E-state index contributed by atoms with van der Waals surface area (Å²) in [4.78, 5) is 2.40. The third-order valence-electron chi connectivity index (χ3n) is 4.24. The summed E-state index contributed by atoms with van der Waals surface area (Å²) in [5.74, 6) is 0. The lowest BCUT2D eigenvalue weighted by molar-refractivity contribution is 0.252. The van der Waals surface area contributed by atoms with E-state index in [4.69, 9.17) is 11.6 Å². The first kappa shape index (κ1) is 14.8. The van der Waals surface area contributed by atoms with Gasteiger partial charge < -0.3 is 5.32 Å². The van der Waals surface area contributed by atoms with Gasteiger partial charge in [-0.2, -0.15) is 0 Å². The molecule has 0 saturated carbocycles. The molecule has 2 nitrogen and oxygen atoms in total. The summed E-state index contributed by atoms with van der Waals surface area (Å²) in [5, 5.41) is 4.44. The molecule has 0 aliphatic carbocycles. The predicted molar refractivity (Wildman–Crippen MR) is 82.8 cm³/mol. The molecule has 3 heteroatoms. The smallest absolute Gasteiger partial charge is 0.0453 e. The van der Waals surface area contributed by atoms with E-state index >= 15 is 0 Å². The van der Waals surface area contributed by atoms with E-state index in [-0.39, 0.29) is 0 Å². The van der Waals surface area contributed by atoms with E-state index in [0.29, 0.717) is 6.04 Å². The Morgan fingerprint density at radius 3 is 2.89 bits per heavy atom. The summed E-state index contributed by atoms with van der Waals surface area (Å²) >= 11 is 6.26. The van der Waals surface area contributed by atoms with E-state index < -0.39 is 0 Å². The molecule has 1 aliphatic rings. The molecule has 1 aliphatic heterocycles. The van der Waals surface area contributed by atoms with Crippen LogP contribution in [0.5, 0.6) is 0 Å². The van der Waals surface area contributed by atoms with Crippen molar-refractivity contribution in [3.05, 3.63) is 34.9 Å². The topological polar surface area (TPSA) is 15.3 Å². The van der Waals surface area contributed by atoms with E-state index in [1.807, 2.05) is 12.1 Å². The Morgan fingerprint density at radius 1 is 1.42 bits per heavy atom. The van der Waals surface area contributed by atoms with E-state index in [1.54, 1.807) is 0 Å². The third-order valence-corrected chi connectivity index (χ3v) is 4.59. The molecule has 2 unspecified atom stereocenters. The molecular weight excluding hydrogens is 256 g/mol. The largest absolute Gasteiger partial charge is 0.314 e. The summed E-state index contributed by atoms with van der Waals surface area (Å²) in [5.41, 5.74) is 1.23. The van der Waals surface area contributed by atoms with Crippen LogP contribution in [0.1, 0.15) is 44.2 Å². The third kappa shape index (κ3) is 4.20. The first-order valence-electron chi connectivity index (χ1n) is 7.36. The Labute approximate surface area is 122 Å². The minimum Gasteiger partial charge on any atom is -0.314 e. The molecule has 0 aromatic heterocycles. The zero-order valence-corrected chi connectivity index (χ0v) is 12.8. The molecule has 0 bridgehead atoms. The van der Waals surface area contributed by atoms with Crippen molar-refractivity contribution in [2.24, 2.45) is 0 Å². The average Bonchev–Trinajstić information content (AvgIpc) is 2.91. The summed E-state index contributed by atoms with van der Waals surface area (Å²) in [6, 6.07) is 9.29. The van der Waals surface area contributed by atoms with E-state index in [0.717, 1.165) is 17.6 Å². The Balaban J connectivity index is 1.78. The zero-order valence-electron chi connectivity index (χ0n) is 12.0. The van der Waals surface area contributed by atoms with Crippen molar-refractivity contribution < 1.29 is 0 Å². The fraction of sp³-hybridized carbons (Fsp3) is 0.625. The van der Waals surface area contributed by atoms with Crippen LogP contribution < -0.4 is 5.32 Å². The standard InChI is InChI=1S/C16H25ClN2/c1-13(15-9-3-4-10-16(15)17)19(2)12-6-8-14-7-5-11-18-14/h3-4,9-10,13-14,18H,5-8,11-12H2,1-2H3. The van der Waals surface area contributed by atoms with Gasteiger partial charge in [-0.15, -0.1) is 0 Å². The molecule has 0 radical (unpaired) electrons. The normalized spacial score (nSPS) is 20.9. The summed E-state index contributed by atoms with van der Waals surface area (Å²) in [6.07, 6.45) is 5.24. The second-order valence-electron chi connectivity index (χ2n) is 5.61. The van der Waals surface area contributed by atoms with Crippen LogP contribution in [0.15, 0.2) is 24.3 Å². The lowest BCUT2D eigenvalue weighted by Crippen LogP contribution is -2.26. The molecule has 1 aromatic carbocycles. The maximum Gasteiger partial charge on any atom is 0.0453 e. The van der Waals surface area contributed by atoms with Crippen LogP contribution in [0.3, 0.4) is 0 Å². The molecule has 1 fully saturated rings. The summed E-state index contributed by atoms with van der Waals surface area (Å²) in [6.45, 7) is 4.57. The van der Waals surface area contributed by atoms with Crippen molar-refractivity contribution in [3.8, 4) is 0 Å². The number of hydrogen-bond acceptors (Lipinski definition) is 2. The molecule has 106 valence electrons. The van der Waals surface area contributed by atoms with Crippen molar-refractivity contribution in [1.29, 1.82) is 0 Å². The summed E-state index contributed by atoms with van der Waals surface area (Å²) < 4.78 is 0. The van der Waals surface area contributed by atoms with Crippen LogP contribution in [0.2, 0.25) is 5.02 Å². The Bertz CT molecular complexity index is 388. The number of nitrogens with zero attached hydrogens (tertiary/aromatic N) is 1. The number of hydrogen-bond donors (Lipinski definition) is 1. The van der Waals surface area contributed by atoms with Crippen molar-refractivity contribution in [3.63, 3.8) is 0 Å².